The van der Waals surface area contributed by atoms with Gasteiger partial charge in [-0.05, 0) is 30.0 Å². The van der Waals surface area contributed by atoms with Gasteiger partial charge < -0.3 is 0 Å². The average molecular weight is 217 g/mol. The van der Waals surface area contributed by atoms with E-state index in [0.717, 1.165) is 17.7 Å². The molecule has 1 rings (SSSR count). The van der Waals surface area contributed by atoms with Gasteiger partial charge in [0.2, 0.25) is 0 Å². The molecule has 1 heteroatoms. The van der Waals surface area contributed by atoms with E-state index in [1.807, 2.05) is 26.1 Å². The maximum Gasteiger partial charge on any atom is 0.0698 e. The predicted octanol–water partition coefficient (Wildman–Crippen LogP) is 4.91. The highest BCUT2D eigenvalue weighted by atomic mass is 14.7. The Balaban J connectivity index is 0.00000106. The van der Waals surface area contributed by atoms with E-state index in [1.165, 1.54) is 5.56 Å². The zero-order chi connectivity index (χ0) is 12.6. The molecule has 0 amide bonds. The standard InChI is InChI=1S/C13H17N.C2H6/c1-5-10(4)12-8-9-14-13(7-3)11(12)6-2;1-2/h6-10H,2-3,5H2,1,4H3;1-2H3. The second-order valence-electron chi connectivity index (χ2n) is 3.42. The summed E-state index contributed by atoms with van der Waals surface area (Å²) in [6.07, 6.45) is 6.61. The Bertz CT molecular complexity index is 339. The van der Waals surface area contributed by atoms with Crippen molar-refractivity contribution in [2.24, 2.45) is 0 Å². The summed E-state index contributed by atoms with van der Waals surface area (Å²) in [6, 6.07) is 2.07. The Hall–Kier alpha value is -1.37. The molecule has 1 nitrogen and oxygen atoms in total. The first kappa shape index (κ1) is 14.6. The molecule has 0 aliphatic carbocycles. The Morgan fingerprint density at radius 1 is 1.31 bits per heavy atom. The second kappa shape index (κ2) is 7.86. The van der Waals surface area contributed by atoms with E-state index in [9.17, 15) is 0 Å². The lowest BCUT2D eigenvalue weighted by atomic mass is 9.93. The fourth-order valence-corrected chi connectivity index (χ4v) is 1.54. The molecule has 1 unspecified atom stereocenters. The van der Waals surface area contributed by atoms with E-state index in [-0.39, 0.29) is 0 Å². The fourth-order valence-electron chi connectivity index (χ4n) is 1.54. The SMILES string of the molecule is C=Cc1nccc(C(C)CC)c1C=C.CC. The van der Waals surface area contributed by atoms with Crippen LogP contribution < -0.4 is 0 Å². The van der Waals surface area contributed by atoms with Crippen molar-refractivity contribution in [3.05, 3.63) is 42.2 Å². The highest BCUT2D eigenvalue weighted by Crippen LogP contribution is 2.25. The number of pyridine rings is 1. The van der Waals surface area contributed by atoms with Crippen molar-refractivity contribution in [2.75, 3.05) is 0 Å². The van der Waals surface area contributed by atoms with Crippen molar-refractivity contribution >= 4 is 12.2 Å². The summed E-state index contributed by atoms with van der Waals surface area (Å²) in [7, 11) is 0. The largest absolute Gasteiger partial charge is 0.256 e. The van der Waals surface area contributed by atoms with Gasteiger partial charge in [-0.25, -0.2) is 0 Å². The predicted molar refractivity (Wildman–Crippen MR) is 74.5 cm³/mol. The van der Waals surface area contributed by atoms with Crippen LogP contribution in [0, 0.1) is 0 Å². The van der Waals surface area contributed by atoms with E-state index >= 15 is 0 Å². The number of hydrogen-bond donors (Lipinski definition) is 0. The monoisotopic (exact) mass is 217 g/mol. The molecule has 1 aromatic heterocycles. The zero-order valence-electron chi connectivity index (χ0n) is 11.0. The number of nitrogens with zero attached hydrogens (tertiary/aromatic N) is 1. The van der Waals surface area contributed by atoms with Crippen LogP contribution in [0.5, 0.6) is 0 Å². The normalized spacial score (nSPS) is 11.0. The maximum absolute atomic E-state index is 4.26. The number of aromatic nitrogens is 1. The van der Waals surface area contributed by atoms with Crippen molar-refractivity contribution < 1.29 is 0 Å². The third kappa shape index (κ3) is 3.34. The van der Waals surface area contributed by atoms with Gasteiger partial charge in [0.1, 0.15) is 0 Å². The second-order valence-corrected chi connectivity index (χ2v) is 3.42. The highest BCUT2D eigenvalue weighted by Gasteiger charge is 2.09. The van der Waals surface area contributed by atoms with Gasteiger partial charge in [-0.2, -0.15) is 0 Å². The summed E-state index contributed by atoms with van der Waals surface area (Å²) < 4.78 is 0. The van der Waals surface area contributed by atoms with Gasteiger partial charge >= 0.3 is 0 Å². The van der Waals surface area contributed by atoms with E-state index in [4.69, 9.17) is 0 Å². The zero-order valence-corrected chi connectivity index (χ0v) is 11.0. The molecule has 0 bridgehead atoms. The van der Waals surface area contributed by atoms with Gasteiger partial charge in [0.15, 0.2) is 0 Å². The van der Waals surface area contributed by atoms with Crippen molar-refractivity contribution in [3.63, 3.8) is 0 Å². The molecule has 0 aliphatic rings. The van der Waals surface area contributed by atoms with Crippen LogP contribution in [0.2, 0.25) is 0 Å². The Morgan fingerprint density at radius 2 is 1.94 bits per heavy atom. The van der Waals surface area contributed by atoms with Crippen LogP contribution in [0.15, 0.2) is 25.4 Å². The van der Waals surface area contributed by atoms with Crippen LogP contribution >= 0.6 is 0 Å². The first-order valence-electron chi connectivity index (χ1n) is 5.98. The van der Waals surface area contributed by atoms with Gasteiger partial charge in [0, 0.05) is 11.8 Å². The lowest BCUT2D eigenvalue weighted by molar-refractivity contribution is 0.730. The van der Waals surface area contributed by atoms with Gasteiger partial charge in [0.25, 0.3) is 0 Å². The van der Waals surface area contributed by atoms with Crippen LogP contribution in [-0.2, 0) is 0 Å². The third-order valence-corrected chi connectivity index (χ3v) is 2.60. The Morgan fingerprint density at radius 3 is 2.38 bits per heavy atom. The molecule has 0 fully saturated rings. The van der Waals surface area contributed by atoms with E-state index in [0.29, 0.717) is 5.92 Å². The molecule has 0 radical (unpaired) electrons. The molecular formula is C15H23N. The van der Waals surface area contributed by atoms with Crippen LogP contribution in [0.4, 0.5) is 0 Å². The summed E-state index contributed by atoms with van der Waals surface area (Å²) in [5.74, 6) is 0.546. The summed E-state index contributed by atoms with van der Waals surface area (Å²) in [6.45, 7) is 16.0. The van der Waals surface area contributed by atoms with E-state index in [1.54, 1.807) is 6.08 Å². The van der Waals surface area contributed by atoms with Crippen LogP contribution in [0.1, 0.15) is 56.9 Å². The summed E-state index contributed by atoms with van der Waals surface area (Å²) in [5.41, 5.74) is 3.36. The summed E-state index contributed by atoms with van der Waals surface area (Å²) in [5, 5.41) is 0. The molecule has 16 heavy (non-hydrogen) atoms. The molecule has 1 aromatic rings. The molecule has 0 spiro atoms. The molecule has 88 valence electrons. The Kier molecular flexibility index (Phi) is 7.19. The Labute approximate surface area is 99.9 Å². The lowest BCUT2D eigenvalue weighted by Crippen LogP contribution is -1.98. The number of rotatable bonds is 4. The fraction of sp³-hybridized carbons (Fsp3) is 0.400. The molecule has 0 aromatic carbocycles. The van der Waals surface area contributed by atoms with Crippen LogP contribution in [0.3, 0.4) is 0 Å². The number of hydrogen-bond acceptors (Lipinski definition) is 1. The van der Waals surface area contributed by atoms with Gasteiger partial charge in [-0.15, -0.1) is 0 Å². The van der Waals surface area contributed by atoms with Crippen LogP contribution in [-0.4, -0.2) is 4.98 Å². The molecule has 0 saturated heterocycles. The van der Waals surface area contributed by atoms with Gasteiger partial charge in [-0.1, -0.05) is 46.9 Å². The summed E-state index contributed by atoms with van der Waals surface area (Å²) >= 11 is 0. The smallest absolute Gasteiger partial charge is 0.0698 e. The topological polar surface area (TPSA) is 12.9 Å². The molecular weight excluding hydrogens is 194 g/mol. The molecule has 1 heterocycles. The van der Waals surface area contributed by atoms with Gasteiger partial charge in [-0.3, -0.25) is 4.98 Å². The van der Waals surface area contributed by atoms with Crippen molar-refractivity contribution in [3.8, 4) is 0 Å². The third-order valence-electron chi connectivity index (χ3n) is 2.60. The van der Waals surface area contributed by atoms with E-state index < -0.39 is 0 Å². The van der Waals surface area contributed by atoms with Crippen molar-refractivity contribution in [1.82, 2.24) is 4.98 Å². The molecule has 0 saturated carbocycles. The van der Waals surface area contributed by atoms with Crippen LogP contribution in [0.25, 0.3) is 12.2 Å². The minimum Gasteiger partial charge on any atom is -0.256 e. The first-order valence-corrected chi connectivity index (χ1v) is 5.98. The maximum atomic E-state index is 4.26. The molecule has 0 aliphatic heterocycles. The van der Waals surface area contributed by atoms with Crippen molar-refractivity contribution in [1.29, 1.82) is 0 Å². The highest BCUT2D eigenvalue weighted by molar-refractivity contribution is 5.63. The van der Waals surface area contributed by atoms with Gasteiger partial charge in [0.05, 0.1) is 5.69 Å². The molecule has 0 N–H and O–H groups in total. The minimum atomic E-state index is 0.546. The summed E-state index contributed by atoms with van der Waals surface area (Å²) in [4.78, 5) is 4.26. The van der Waals surface area contributed by atoms with Crippen molar-refractivity contribution in [2.45, 2.75) is 40.0 Å². The minimum absolute atomic E-state index is 0.546. The average Bonchev–Trinajstić information content (AvgIpc) is 2.38. The van der Waals surface area contributed by atoms with E-state index in [2.05, 4.69) is 38.1 Å². The first-order chi connectivity index (χ1) is 7.74. The molecule has 1 atom stereocenters. The quantitative estimate of drug-likeness (QED) is 0.698. The lowest BCUT2D eigenvalue weighted by Gasteiger charge is -2.13.